The molecule has 7 nitrogen and oxygen atoms in total. The molecule has 0 atom stereocenters. The van der Waals surface area contributed by atoms with Crippen LogP contribution in [0, 0.1) is 20.8 Å². The van der Waals surface area contributed by atoms with Crippen LogP contribution in [0.2, 0.25) is 0 Å². The molecule has 2 aromatic heterocycles. The van der Waals surface area contributed by atoms with Crippen molar-refractivity contribution in [3.05, 3.63) is 88.9 Å². The minimum atomic E-state index is -0.0965. The van der Waals surface area contributed by atoms with E-state index in [0.717, 1.165) is 33.6 Å². The zero-order valence-electron chi connectivity index (χ0n) is 19.0. The molecule has 0 unspecified atom stereocenters. The van der Waals surface area contributed by atoms with Crippen molar-refractivity contribution in [2.24, 2.45) is 0 Å². The van der Waals surface area contributed by atoms with Crippen molar-refractivity contribution in [3.63, 3.8) is 0 Å². The molecule has 33 heavy (non-hydrogen) atoms. The number of pyridine rings is 1. The van der Waals surface area contributed by atoms with Crippen LogP contribution in [0.25, 0.3) is 11.5 Å². The smallest absolute Gasteiger partial charge is 0.247 e. The average molecular weight is 443 g/mol. The highest BCUT2D eigenvalue weighted by atomic mass is 16.5. The van der Waals surface area contributed by atoms with Gasteiger partial charge in [-0.05, 0) is 55.7 Å². The number of hydrogen-bond donors (Lipinski definition) is 1. The van der Waals surface area contributed by atoms with Gasteiger partial charge in [0.05, 0.1) is 0 Å². The summed E-state index contributed by atoms with van der Waals surface area (Å²) in [5, 5.41) is 11.0. The SMILES string of the molecule is Cc1ccc(-c2nnc(CCC(=O)NCc3ccc(Oc4cc(C)ccc4C)nc3)o2)cc1. The first kappa shape index (κ1) is 22.2. The molecule has 0 aliphatic carbocycles. The lowest BCUT2D eigenvalue weighted by molar-refractivity contribution is -0.121. The highest BCUT2D eigenvalue weighted by Gasteiger charge is 2.11. The molecule has 0 radical (unpaired) electrons. The average Bonchev–Trinajstić information content (AvgIpc) is 3.29. The number of amides is 1. The first-order chi connectivity index (χ1) is 16.0. The fourth-order valence-corrected chi connectivity index (χ4v) is 3.18. The Morgan fingerprint density at radius 2 is 1.76 bits per heavy atom. The van der Waals surface area contributed by atoms with Crippen molar-refractivity contribution < 1.29 is 13.9 Å². The van der Waals surface area contributed by atoms with Crippen LogP contribution in [0.4, 0.5) is 0 Å². The molecule has 0 saturated heterocycles. The molecule has 4 aromatic rings. The van der Waals surface area contributed by atoms with E-state index in [0.29, 0.717) is 30.6 Å². The van der Waals surface area contributed by atoms with Crippen LogP contribution in [0.1, 0.15) is 34.6 Å². The molecule has 0 saturated carbocycles. The third-order valence-corrected chi connectivity index (χ3v) is 5.18. The van der Waals surface area contributed by atoms with Gasteiger partial charge < -0.3 is 14.5 Å². The molecule has 0 aliphatic rings. The molecule has 1 N–H and O–H groups in total. The fourth-order valence-electron chi connectivity index (χ4n) is 3.18. The molecule has 0 spiro atoms. The van der Waals surface area contributed by atoms with E-state index >= 15 is 0 Å². The normalized spacial score (nSPS) is 10.8. The number of aromatic nitrogens is 3. The lowest BCUT2D eigenvalue weighted by atomic mass is 10.1. The van der Waals surface area contributed by atoms with Crippen molar-refractivity contribution in [3.8, 4) is 23.1 Å². The Kier molecular flexibility index (Phi) is 6.78. The van der Waals surface area contributed by atoms with Gasteiger partial charge in [0.1, 0.15) is 5.75 Å². The Morgan fingerprint density at radius 3 is 2.52 bits per heavy atom. The lowest BCUT2D eigenvalue weighted by Crippen LogP contribution is -2.23. The Bertz CT molecular complexity index is 1230. The maximum absolute atomic E-state index is 12.2. The molecule has 168 valence electrons. The summed E-state index contributed by atoms with van der Waals surface area (Å²) in [7, 11) is 0. The molecule has 0 fully saturated rings. The molecule has 7 heteroatoms. The van der Waals surface area contributed by atoms with Gasteiger partial charge in [0.25, 0.3) is 0 Å². The second-order valence-electron chi connectivity index (χ2n) is 8.02. The zero-order chi connectivity index (χ0) is 23.2. The maximum Gasteiger partial charge on any atom is 0.247 e. The number of aryl methyl sites for hydroxylation is 4. The largest absolute Gasteiger partial charge is 0.439 e. The van der Waals surface area contributed by atoms with Gasteiger partial charge in [-0.25, -0.2) is 4.98 Å². The van der Waals surface area contributed by atoms with E-state index in [4.69, 9.17) is 9.15 Å². The Labute approximate surface area is 192 Å². The van der Waals surface area contributed by atoms with Crippen molar-refractivity contribution in [2.45, 2.75) is 40.2 Å². The van der Waals surface area contributed by atoms with Gasteiger partial charge in [-0.2, -0.15) is 0 Å². The van der Waals surface area contributed by atoms with Gasteiger partial charge >= 0.3 is 0 Å². The summed E-state index contributed by atoms with van der Waals surface area (Å²) in [5.41, 5.74) is 5.08. The van der Waals surface area contributed by atoms with E-state index in [-0.39, 0.29) is 12.3 Å². The number of hydrogen-bond acceptors (Lipinski definition) is 6. The number of ether oxygens (including phenoxy) is 1. The quantitative estimate of drug-likeness (QED) is 0.408. The topological polar surface area (TPSA) is 90.1 Å². The highest BCUT2D eigenvalue weighted by molar-refractivity contribution is 5.76. The zero-order valence-corrected chi connectivity index (χ0v) is 19.0. The van der Waals surface area contributed by atoms with Crippen LogP contribution in [0.15, 0.2) is 65.2 Å². The van der Waals surface area contributed by atoms with Gasteiger partial charge in [0.2, 0.25) is 23.6 Å². The fraction of sp³-hybridized carbons (Fsp3) is 0.231. The maximum atomic E-state index is 12.2. The predicted molar refractivity (Wildman–Crippen MR) is 125 cm³/mol. The van der Waals surface area contributed by atoms with E-state index in [1.807, 2.05) is 69.3 Å². The van der Waals surface area contributed by atoms with Crippen molar-refractivity contribution in [2.75, 3.05) is 0 Å². The first-order valence-corrected chi connectivity index (χ1v) is 10.8. The number of rotatable bonds is 8. The van der Waals surface area contributed by atoms with Gasteiger partial charge in [-0.3, -0.25) is 4.79 Å². The number of nitrogens with zero attached hydrogens (tertiary/aromatic N) is 3. The molecular formula is C26H26N4O3. The van der Waals surface area contributed by atoms with Gasteiger partial charge in [-0.1, -0.05) is 35.9 Å². The Morgan fingerprint density at radius 1 is 0.970 bits per heavy atom. The van der Waals surface area contributed by atoms with Gasteiger partial charge in [0.15, 0.2) is 0 Å². The van der Waals surface area contributed by atoms with Gasteiger partial charge in [0, 0.05) is 37.2 Å². The van der Waals surface area contributed by atoms with E-state index in [1.165, 1.54) is 0 Å². The van der Waals surface area contributed by atoms with E-state index < -0.39 is 0 Å². The minimum absolute atomic E-state index is 0.0965. The summed E-state index contributed by atoms with van der Waals surface area (Å²) < 4.78 is 11.6. The summed E-state index contributed by atoms with van der Waals surface area (Å²) in [6, 6.07) is 17.6. The second kappa shape index (κ2) is 10.1. The number of carbonyl (C=O) groups excluding carboxylic acids is 1. The van der Waals surface area contributed by atoms with Crippen LogP contribution in [-0.2, 0) is 17.8 Å². The van der Waals surface area contributed by atoms with E-state index in [2.05, 4.69) is 20.5 Å². The van der Waals surface area contributed by atoms with Crippen LogP contribution in [0.5, 0.6) is 11.6 Å². The molecule has 4 rings (SSSR count). The van der Waals surface area contributed by atoms with Crippen LogP contribution in [0.3, 0.4) is 0 Å². The number of nitrogens with one attached hydrogen (secondary N) is 1. The first-order valence-electron chi connectivity index (χ1n) is 10.8. The van der Waals surface area contributed by atoms with E-state index in [1.54, 1.807) is 12.3 Å². The van der Waals surface area contributed by atoms with Crippen molar-refractivity contribution in [1.82, 2.24) is 20.5 Å². The summed E-state index contributed by atoms with van der Waals surface area (Å²) in [6.45, 7) is 6.42. The number of carbonyl (C=O) groups is 1. The third kappa shape index (κ3) is 6.04. The summed E-state index contributed by atoms with van der Waals surface area (Å²) >= 11 is 0. The Hall–Kier alpha value is -4.00. The molecule has 2 aromatic carbocycles. The predicted octanol–water partition coefficient (Wildman–Crippen LogP) is 5.10. The molecule has 0 aliphatic heterocycles. The molecule has 0 bridgehead atoms. The Balaban J connectivity index is 1.24. The summed E-state index contributed by atoms with van der Waals surface area (Å²) in [4.78, 5) is 16.6. The summed E-state index contributed by atoms with van der Waals surface area (Å²) in [6.07, 6.45) is 2.34. The van der Waals surface area contributed by atoms with E-state index in [9.17, 15) is 4.79 Å². The highest BCUT2D eigenvalue weighted by Crippen LogP contribution is 2.24. The molecule has 1 amide bonds. The standard InChI is InChI=1S/C26H26N4O3/c1-17-5-9-21(10-6-17)26-30-29-25(33-26)13-11-23(31)27-15-20-8-12-24(28-16-20)32-22-14-18(2)4-7-19(22)3/h4-10,12,14,16H,11,13,15H2,1-3H3,(H,27,31). The summed E-state index contributed by atoms with van der Waals surface area (Å²) in [5.74, 6) is 2.10. The minimum Gasteiger partial charge on any atom is -0.439 e. The van der Waals surface area contributed by atoms with Crippen LogP contribution >= 0.6 is 0 Å². The van der Waals surface area contributed by atoms with Crippen LogP contribution in [-0.4, -0.2) is 21.1 Å². The molecular weight excluding hydrogens is 416 g/mol. The van der Waals surface area contributed by atoms with Gasteiger partial charge in [-0.15, -0.1) is 10.2 Å². The monoisotopic (exact) mass is 442 g/mol. The second-order valence-corrected chi connectivity index (χ2v) is 8.02. The lowest BCUT2D eigenvalue weighted by Gasteiger charge is -2.09. The number of benzene rings is 2. The third-order valence-electron chi connectivity index (χ3n) is 5.18. The molecule has 2 heterocycles. The van der Waals surface area contributed by atoms with Crippen molar-refractivity contribution >= 4 is 5.91 Å². The van der Waals surface area contributed by atoms with Crippen LogP contribution < -0.4 is 10.1 Å². The van der Waals surface area contributed by atoms with Crippen molar-refractivity contribution in [1.29, 1.82) is 0 Å².